The summed E-state index contributed by atoms with van der Waals surface area (Å²) in [6.07, 6.45) is 0. The van der Waals surface area contributed by atoms with Gasteiger partial charge in [0, 0.05) is 12.2 Å². The minimum atomic E-state index is -1.02. The average molecular weight is 238 g/mol. The number of carbonyl (C=O) groups excluding carboxylic acids is 1. The van der Waals surface area contributed by atoms with Gasteiger partial charge in [0.1, 0.15) is 11.9 Å². The number of carboxylic acid groups (broad SMARTS) is 1. The van der Waals surface area contributed by atoms with Crippen LogP contribution >= 0.6 is 0 Å². The number of hydrogen-bond acceptors (Lipinski definition) is 3. The van der Waals surface area contributed by atoms with E-state index < -0.39 is 17.8 Å². The number of benzene rings is 1. The number of piperazine rings is 1. The molecule has 17 heavy (non-hydrogen) atoms. The summed E-state index contributed by atoms with van der Waals surface area (Å²) in [6, 6.07) is 4.58. The number of aliphatic carboxylic acids is 1. The standard InChI is InChI=1S/C11H11FN2O3/c12-7-1-3-8(4-2-7)14-6-10(15)13-5-9(14)11(16)17/h1-4,9H,5-6H2,(H,13,15)(H,16,17). The van der Waals surface area contributed by atoms with Crippen LogP contribution in [0, 0.1) is 5.82 Å². The Morgan fingerprint density at radius 3 is 2.65 bits per heavy atom. The topological polar surface area (TPSA) is 69.6 Å². The van der Waals surface area contributed by atoms with Crippen LogP contribution in [0.25, 0.3) is 0 Å². The van der Waals surface area contributed by atoms with E-state index in [0.717, 1.165) is 0 Å². The van der Waals surface area contributed by atoms with Crippen molar-refractivity contribution in [2.24, 2.45) is 0 Å². The molecule has 0 aromatic heterocycles. The Labute approximate surface area is 96.8 Å². The van der Waals surface area contributed by atoms with Crippen molar-refractivity contribution in [3.05, 3.63) is 30.1 Å². The number of nitrogens with one attached hydrogen (secondary N) is 1. The molecule has 2 rings (SSSR count). The van der Waals surface area contributed by atoms with Crippen LogP contribution in [-0.2, 0) is 9.59 Å². The van der Waals surface area contributed by atoms with Gasteiger partial charge in [0.2, 0.25) is 5.91 Å². The number of carbonyl (C=O) groups is 2. The molecule has 1 aliphatic heterocycles. The number of rotatable bonds is 2. The van der Waals surface area contributed by atoms with E-state index in [4.69, 9.17) is 5.11 Å². The van der Waals surface area contributed by atoms with Gasteiger partial charge < -0.3 is 15.3 Å². The highest BCUT2D eigenvalue weighted by Crippen LogP contribution is 2.19. The van der Waals surface area contributed by atoms with Crippen LogP contribution in [0.4, 0.5) is 10.1 Å². The molecule has 6 heteroatoms. The zero-order chi connectivity index (χ0) is 12.4. The largest absolute Gasteiger partial charge is 0.480 e. The van der Waals surface area contributed by atoms with Crippen molar-refractivity contribution in [1.29, 1.82) is 0 Å². The lowest BCUT2D eigenvalue weighted by molar-refractivity contribution is -0.139. The van der Waals surface area contributed by atoms with E-state index in [2.05, 4.69) is 5.32 Å². The molecule has 1 aromatic rings. The molecule has 0 aliphatic carbocycles. The van der Waals surface area contributed by atoms with Gasteiger partial charge in [-0.1, -0.05) is 0 Å². The third-order valence-electron chi connectivity index (χ3n) is 2.63. The van der Waals surface area contributed by atoms with Gasteiger partial charge in [0.05, 0.1) is 6.54 Å². The summed E-state index contributed by atoms with van der Waals surface area (Å²) in [6.45, 7) is 0.00808. The second-order valence-corrected chi connectivity index (χ2v) is 3.76. The molecule has 0 bridgehead atoms. The predicted molar refractivity (Wildman–Crippen MR) is 58.2 cm³/mol. The van der Waals surface area contributed by atoms with Crippen LogP contribution in [0.1, 0.15) is 0 Å². The van der Waals surface area contributed by atoms with E-state index in [-0.39, 0.29) is 19.0 Å². The molecular formula is C11H11FN2O3. The Kier molecular flexibility index (Phi) is 2.95. The highest BCUT2D eigenvalue weighted by Gasteiger charge is 2.31. The molecule has 1 atom stereocenters. The van der Waals surface area contributed by atoms with Crippen molar-refractivity contribution in [2.75, 3.05) is 18.0 Å². The molecule has 0 radical (unpaired) electrons. The molecule has 0 spiro atoms. The van der Waals surface area contributed by atoms with Crippen molar-refractivity contribution < 1.29 is 19.1 Å². The second kappa shape index (κ2) is 4.40. The smallest absolute Gasteiger partial charge is 0.328 e. The maximum absolute atomic E-state index is 12.8. The quantitative estimate of drug-likeness (QED) is 0.773. The molecule has 1 saturated heterocycles. The third kappa shape index (κ3) is 2.35. The Hall–Kier alpha value is -2.11. The van der Waals surface area contributed by atoms with E-state index >= 15 is 0 Å². The normalized spacial score (nSPS) is 19.9. The predicted octanol–water partition coefficient (Wildman–Crippen LogP) is 0.215. The van der Waals surface area contributed by atoms with E-state index in [9.17, 15) is 14.0 Å². The fourth-order valence-electron chi connectivity index (χ4n) is 1.77. The lowest BCUT2D eigenvalue weighted by Gasteiger charge is -2.34. The minimum absolute atomic E-state index is 0.0391. The first kappa shape index (κ1) is 11.4. The van der Waals surface area contributed by atoms with Gasteiger partial charge in [0.15, 0.2) is 0 Å². The molecule has 2 N–H and O–H groups in total. The first-order chi connectivity index (χ1) is 8.08. The van der Waals surface area contributed by atoms with Crippen LogP contribution in [0.5, 0.6) is 0 Å². The highest BCUT2D eigenvalue weighted by atomic mass is 19.1. The van der Waals surface area contributed by atoms with E-state index in [1.807, 2.05) is 0 Å². The van der Waals surface area contributed by atoms with Gasteiger partial charge in [-0.25, -0.2) is 9.18 Å². The number of carboxylic acids is 1. The SMILES string of the molecule is O=C1CN(c2ccc(F)cc2)C(C(=O)O)CN1. The molecule has 1 heterocycles. The van der Waals surface area contributed by atoms with Gasteiger partial charge >= 0.3 is 5.97 Å². The van der Waals surface area contributed by atoms with Gasteiger partial charge in [-0.05, 0) is 24.3 Å². The fourth-order valence-corrected chi connectivity index (χ4v) is 1.77. The van der Waals surface area contributed by atoms with Gasteiger partial charge in [-0.15, -0.1) is 0 Å². The van der Waals surface area contributed by atoms with E-state index in [1.165, 1.54) is 29.2 Å². The van der Waals surface area contributed by atoms with E-state index in [1.54, 1.807) is 0 Å². The van der Waals surface area contributed by atoms with E-state index in [0.29, 0.717) is 5.69 Å². The van der Waals surface area contributed by atoms with Crippen molar-refractivity contribution >= 4 is 17.6 Å². The fraction of sp³-hybridized carbons (Fsp3) is 0.273. The molecule has 90 valence electrons. The minimum Gasteiger partial charge on any atom is -0.480 e. The molecule has 1 aliphatic rings. The number of anilines is 1. The van der Waals surface area contributed by atoms with Gasteiger partial charge in [-0.3, -0.25) is 4.79 Å². The summed E-state index contributed by atoms with van der Waals surface area (Å²) in [5.74, 6) is -1.66. The molecule has 0 saturated carbocycles. The van der Waals surface area contributed by atoms with Crippen LogP contribution in [-0.4, -0.2) is 36.1 Å². The zero-order valence-corrected chi connectivity index (χ0v) is 8.89. The average Bonchev–Trinajstić information content (AvgIpc) is 2.29. The number of amides is 1. The monoisotopic (exact) mass is 238 g/mol. The van der Waals surface area contributed by atoms with Crippen molar-refractivity contribution in [1.82, 2.24) is 5.32 Å². The van der Waals surface area contributed by atoms with Crippen molar-refractivity contribution in [3.63, 3.8) is 0 Å². The first-order valence-corrected chi connectivity index (χ1v) is 5.09. The van der Waals surface area contributed by atoms with Crippen LogP contribution < -0.4 is 10.2 Å². The first-order valence-electron chi connectivity index (χ1n) is 5.09. The van der Waals surface area contributed by atoms with Crippen molar-refractivity contribution in [3.8, 4) is 0 Å². The summed E-state index contributed by atoms with van der Waals surface area (Å²) >= 11 is 0. The maximum atomic E-state index is 12.8. The van der Waals surface area contributed by atoms with Crippen LogP contribution in [0.3, 0.4) is 0 Å². The molecule has 5 nitrogen and oxygen atoms in total. The van der Waals surface area contributed by atoms with Crippen LogP contribution in [0.15, 0.2) is 24.3 Å². The highest BCUT2D eigenvalue weighted by molar-refractivity contribution is 5.89. The number of nitrogens with zero attached hydrogens (tertiary/aromatic N) is 1. The molecule has 1 aromatic carbocycles. The number of halogens is 1. The van der Waals surface area contributed by atoms with Gasteiger partial charge in [-0.2, -0.15) is 0 Å². The molecular weight excluding hydrogens is 227 g/mol. The summed E-state index contributed by atoms with van der Waals surface area (Å²) in [5, 5.41) is 11.5. The van der Waals surface area contributed by atoms with Crippen molar-refractivity contribution in [2.45, 2.75) is 6.04 Å². The summed E-state index contributed by atoms with van der Waals surface area (Å²) in [4.78, 5) is 23.8. The Balaban J connectivity index is 2.28. The summed E-state index contributed by atoms with van der Waals surface area (Å²) in [7, 11) is 0. The Morgan fingerprint density at radius 2 is 2.06 bits per heavy atom. The number of hydrogen-bond donors (Lipinski definition) is 2. The third-order valence-corrected chi connectivity index (χ3v) is 2.63. The lowest BCUT2D eigenvalue weighted by Crippen LogP contribution is -2.57. The molecule has 1 fully saturated rings. The summed E-state index contributed by atoms with van der Waals surface area (Å²) < 4.78 is 12.8. The lowest BCUT2D eigenvalue weighted by atomic mass is 10.1. The Morgan fingerprint density at radius 1 is 1.41 bits per heavy atom. The Bertz CT molecular complexity index is 447. The zero-order valence-electron chi connectivity index (χ0n) is 8.89. The van der Waals surface area contributed by atoms with Gasteiger partial charge in [0.25, 0.3) is 0 Å². The summed E-state index contributed by atoms with van der Waals surface area (Å²) in [5.41, 5.74) is 0.522. The second-order valence-electron chi connectivity index (χ2n) is 3.76. The molecule has 1 unspecified atom stereocenters. The maximum Gasteiger partial charge on any atom is 0.328 e. The molecule has 1 amide bonds. The van der Waals surface area contributed by atoms with Crippen LogP contribution in [0.2, 0.25) is 0 Å².